The first-order valence-corrected chi connectivity index (χ1v) is 10.1. The molecule has 7 nitrogen and oxygen atoms in total. The zero-order valence-electron chi connectivity index (χ0n) is 17.6. The van der Waals surface area contributed by atoms with Crippen molar-refractivity contribution in [1.29, 1.82) is 0 Å². The van der Waals surface area contributed by atoms with Gasteiger partial charge in [-0.25, -0.2) is 0 Å². The summed E-state index contributed by atoms with van der Waals surface area (Å²) in [5, 5.41) is 6.01. The first-order valence-electron chi connectivity index (χ1n) is 10.1. The highest BCUT2D eigenvalue weighted by Gasteiger charge is 2.24. The van der Waals surface area contributed by atoms with Crippen molar-refractivity contribution in [2.24, 2.45) is 5.92 Å². The second-order valence-electron chi connectivity index (χ2n) is 7.87. The number of hydrogen-bond acceptors (Lipinski definition) is 4. The minimum atomic E-state index is -0.133. The van der Waals surface area contributed by atoms with Gasteiger partial charge in [0, 0.05) is 6.04 Å². The molecule has 0 fully saturated rings. The summed E-state index contributed by atoms with van der Waals surface area (Å²) in [4.78, 5) is 25.6. The molecule has 2 amide bonds. The summed E-state index contributed by atoms with van der Waals surface area (Å²) in [6.07, 6.45) is 0. The first kappa shape index (κ1) is 22.0. The van der Waals surface area contributed by atoms with Crippen LogP contribution >= 0.6 is 0 Å². The number of quaternary nitrogens is 1. The second kappa shape index (κ2) is 10.3. The molecular weight excluding hydrogens is 358 g/mol. The molecule has 28 heavy (non-hydrogen) atoms. The molecule has 0 saturated carbocycles. The lowest BCUT2D eigenvalue weighted by atomic mass is 9.95. The minimum Gasteiger partial charge on any atom is -0.486 e. The summed E-state index contributed by atoms with van der Waals surface area (Å²) in [5.41, 5.74) is 0.989. The highest BCUT2D eigenvalue weighted by molar-refractivity contribution is 5.79. The normalized spacial score (nSPS) is 15.2. The number of carbonyl (C=O) groups excluding carboxylic acids is 2. The van der Waals surface area contributed by atoms with E-state index in [-0.39, 0.29) is 36.4 Å². The Bertz CT molecular complexity index is 676. The van der Waals surface area contributed by atoms with Gasteiger partial charge in [0.05, 0.1) is 12.6 Å². The Morgan fingerprint density at radius 3 is 2.18 bits per heavy atom. The molecule has 156 valence electrons. The van der Waals surface area contributed by atoms with Crippen LogP contribution < -0.4 is 25.0 Å². The number of carbonyl (C=O) groups is 2. The lowest BCUT2D eigenvalue weighted by Gasteiger charge is -2.26. The predicted molar refractivity (Wildman–Crippen MR) is 108 cm³/mol. The highest BCUT2D eigenvalue weighted by Crippen LogP contribution is 2.34. The molecule has 3 N–H and O–H groups in total. The van der Waals surface area contributed by atoms with E-state index < -0.39 is 0 Å². The topological polar surface area (TPSA) is 81.1 Å². The summed E-state index contributed by atoms with van der Waals surface area (Å²) in [6.45, 7) is 12.3. The van der Waals surface area contributed by atoms with Crippen LogP contribution in [0, 0.1) is 5.92 Å². The predicted octanol–water partition coefficient (Wildman–Crippen LogP) is 0.701. The number of ether oxygens (including phenoxy) is 2. The van der Waals surface area contributed by atoms with Crippen molar-refractivity contribution in [3.63, 3.8) is 0 Å². The second-order valence-corrected chi connectivity index (χ2v) is 7.87. The molecule has 0 aliphatic carbocycles. The fraction of sp³-hybridized carbons (Fsp3) is 0.619. The summed E-state index contributed by atoms with van der Waals surface area (Å²) >= 11 is 0. The number of hydrogen-bond donors (Lipinski definition) is 3. The van der Waals surface area contributed by atoms with Gasteiger partial charge in [-0.3, -0.25) is 9.59 Å². The van der Waals surface area contributed by atoms with Gasteiger partial charge in [-0.15, -0.1) is 0 Å². The van der Waals surface area contributed by atoms with Crippen molar-refractivity contribution in [2.45, 2.75) is 46.7 Å². The molecule has 0 aromatic heterocycles. The van der Waals surface area contributed by atoms with Gasteiger partial charge in [-0.05, 0) is 44.4 Å². The van der Waals surface area contributed by atoms with E-state index in [9.17, 15) is 9.59 Å². The van der Waals surface area contributed by atoms with Crippen LogP contribution in [0.15, 0.2) is 18.2 Å². The maximum absolute atomic E-state index is 12.7. The number of likely N-dealkylation sites (N-methyl/N-ethyl adjacent to an activating group) is 1. The third kappa shape index (κ3) is 6.41. The summed E-state index contributed by atoms with van der Waals surface area (Å²) in [7, 11) is 0. The van der Waals surface area contributed by atoms with Crippen molar-refractivity contribution < 1.29 is 24.0 Å². The molecule has 0 bridgehead atoms. The lowest BCUT2D eigenvalue weighted by molar-refractivity contribution is -0.881. The van der Waals surface area contributed by atoms with Gasteiger partial charge >= 0.3 is 0 Å². The van der Waals surface area contributed by atoms with Crippen molar-refractivity contribution in [2.75, 3.05) is 32.8 Å². The molecule has 2 atom stereocenters. The molecule has 1 heterocycles. The standard InChI is InChI=1S/C21H33N3O4/c1-6-24(12-19(25)22-15(4)5)13-20(26)23-21(14(2)3)16-7-8-17-18(11-16)28-10-9-27-17/h7-8,11,14-15,21H,6,9-10,12-13H2,1-5H3,(H,22,25)(H,23,26)/p+1/t21-/m0/s1. The van der Waals surface area contributed by atoms with E-state index in [1.807, 2.05) is 39.0 Å². The number of amides is 2. The Labute approximate surface area is 167 Å². The molecule has 1 unspecified atom stereocenters. The van der Waals surface area contributed by atoms with E-state index in [2.05, 4.69) is 24.5 Å². The van der Waals surface area contributed by atoms with Crippen LogP contribution in [0.4, 0.5) is 0 Å². The van der Waals surface area contributed by atoms with Gasteiger partial charge in [0.1, 0.15) is 13.2 Å². The summed E-state index contributed by atoms with van der Waals surface area (Å²) in [6, 6.07) is 5.77. The maximum Gasteiger partial charge on any atom is 0.275 e. The quantitative estimate of drug-likeness (QED) is 0.578. The van der Waals surface area contributed by atoms with E-state index in [0.29, 0.717) is 26.3 Å². The monoisotopic (exact) mass is 392 g/mol. The molecular formula is C21H34N3O4+. The van der Waals surface area contributed by atoms with Crippen molar-refractivity contribution in [3.05, 3.63) is 23.8 Å². The van der Waals surface area contributed by atoms with Crippen LogP contribution in [-0.2, 0) is 9.59 Å². The number of rotatable bonds is 9. The Kier molecular flexibility index (Phi) is 8.11. The minimum absolute atomic E-state index is 0.0353. The molecule has 2 rings (SSSR count). The summed E-state index contributed by atoms with van der Waals surface area (Å²) < 4.78 is 11.2. The Balaban J connectivity index is 2.01. The van der Waals surface area contributed by atoms with Gasteiger partial charge < -0.3 is 25.0 Å². The van der Waals surface area contributed by atoms with Crippen LogP contribution in [0.3, 0.4) is 0 Å². The third-order valence-corrected chi connectivity index (χ3v) is 4.68. The molecule has 0 radical (unpaired) electrons. The number of fused-ring (bicyclic) bond motifs is 1. The molecule has 1 aromatic carbocycles. The van der Waals surface area contributed by atoms with E-state index in [0.717, 1.165) is 22.0 Å². The summed E-state index contributed by atoms with van der Waals surface area (Å²) in [5.74, 6) is 1.56. The largest absolute Gasteiger partial charge is 0.486 e. The molecule has 1 aliphatic heterocycles. The van der Waals surface area contributed by atoms with Crippen LogP contribution in [-0.4, -0.2) is 50.7 Å². The smallest absolute Gasteiger partial charge is 0.275 e. The fourth-order valence-corrected chi connectivity index (χ4v) is 3.25. The molecule has 1 aromatic rings. The third-order valence-electron chi connectivity index (χ3n) is 4.68. The van der Waals surface area contributed by atoms with Gasteiger partial charge in [0.15, 0.2) is 24.6 Å². The van der Waals surface area contributed by atoms with Gasteiger partial charge in [-0.1, -0.05) is 19.9 Å². The van der Waals surface area contributed by atoms with E-state index >= 15 is 0 Å². The lowest BCUT2D eigenvalue weighted by Crippen LogP contribution is -3.14. The van der Waals surface area contributed by atoms with Crippen LogP contribution in [0.1, 0.15) is 46.2 Å². The van der Waals surface area contributed by atoms with Gasteiger partial charge in [0.2, 0.25) is 0 Å². The van der Waals surface area contributed by atoms with E-state index in [4.69, 9.17) is 9.47 Å². The van der Waals surface area contributed by atoms with Crippen LogP contribution in [0.5, 0.6) is 11.5 Å². The maximum atomic E-state index is 12.7. The van der Waals surface area contributed by atoms with Crippen molar-refractivity contribution in [1.82, 2.24) is 10.6 Å². The molecule has 0 saturated heterocycles. The van der Waals surface area contributed by atoms with Gasteiger partial charge in [0.25, 0.3) is 11.8 Å². The SMILES string of the molecule is CC[NH+](CC(=O)NC(C)C)CC(=O)N[C@H](c1ccc2c(c1)OCCO2)C(C)C. The van der Waals surface area contributed by atoms with Crippen molar-refractivity contribution in [3.8, 4) is 11.5 Å². The first-order chi connectivity index (χ1) is 13.3. The zero-order chi connectivity index (χ0) is 20.7. The van der Waals surface area contributed by atoms with Crippen LogP contribution in [0.2, 0.25) is 0 Å². The molecule has 0 spiro atoms. The zero-order valence-corrected chi connectivity index (χ0v) is 17.6. The molecule has 7 heteroatoms. The van der Waals surface area contributed by atoms with E-state index in [1.165, 1.54) is 0 Å². The van der Waals surface area contributed by atoms with Gasteiger partial charge in [-0.2, -0.15) is 0 Å². The van der Waals surface area contributed by atoms with Crippen molar-refractivity contribution >= 4 is 11.8 Å². The average Bonchev–Trinajstić information content (AvgIpc) is 2.64. The number of nitrogens with one attached hydrogen (secondary N) is 3. The van der Waals surface area contributed by atoms with E-state index in [1.54, 1.807) is 0 Å². The number of benzene rings is 1. The Morgan fingerprint density at radius 2 is 1.61 bits per heavy atom. The average molecular weight is 393 g/mol. The van der Waals surface area contributed by atoms with Crippen LogP contribution in [0.25, 0.3) is 0 Å². The Hall–Kier alpha value is -2.28. The molecule has 1 aliphatic rings. The Morgan fingerprint density at radius 1 is 1.00 bits per heavy atom. The highest BCUT2D eigenvalue weighted by atomic mass is 16.6. The fourth-order valence-electron chi connectivity index (χ4n) is 3.25.